The first-order chi connectivity index (χ1) is 12.8. The fraction of sp³-hybridized carbons (Fsp3) is 0.318. The van der Waals surface area contributed by atoms with Gasteiger partial charge in [-0.15, -0.1) is 0 Å². The van der Waals surface area contributed by atoms with Gasteiger partial charge in [-0.25, -0.2) is 0 Å². The van der Waals surface area contributed by atoms with E-state index in [0.29, 0.717) is 6.61 Å². The normalized spacial score (nSPS) is 14.9. The molecule has 1 aliphatic rings. The van der Waals surface area contributed by atoms with Crippen molar-refractivity contribution in [3.05, 3.63) is 77.4 Å². The van der Waals surface area contributed by atoms with E-state index in [4.69, 9.17) is 4.74 Å². The number of ether oxygens (including phenoxy) is 1. The molecule has 1 heterocycles. The van der Waals surface area contributed by atoms with Crippen molar-refractivity contribution in [2.75, 3.05) is 27.2 Å². The van der Waals surface area contributed by atoms with Gasteiger partial charge < -0.3 is 15.0 Å². The van der Waals surface area contributed by atoms with Gasteiger partial charge in [0.1, 0.15) is 0 Å². The summed E-state index contributed by atoms with van der Waals surface area (Å²) in [5.74, 6) is 0.950. The van der Waals surface area contributed by atoms with Crippen molar-refractivity contribution < 1.29 is 4.74 Å². The van der Waals surface area contributed by atoms with Gasteiger partial charge in [-0.1, -0.05) is 60.7 Å². The van der Waals surface area contributed by atoms with Crippen molar-refractivity contribution in [1.82, 2.24) is 10.2 Å². The molecule has 3 rings (SSSR count). The largest absolute Gasteiger partial charge is 0.380 e. The van der Waals surface area contributed by atoms with Crippen LogP contribution >= 0.6 is 0 Å². The van der Waals surface area contributed by atoms with Gasteiger partial charge in [0.05, 0.1) is 6.61 Å². The van der Waals surface area contributed by atoms with Crippen LogP contribution in [-0.2, 0) is 17.9 Å². The molecular weight excluding hydrogens is 322 g/mol. The Morgan fingerprint density at radius 1 is 1.12 bits per heavy atom. The molecule has 136 valence electrons. The Morgan fingerprint density at radius 2 is 1.92 bits per heavy atom. The van der Waals surface area contributed by atoms with Crippen LogP contribution in [0, 0.1) is 0 Å². The van der Waals surface area contributed by atoms with E-state index < -0.39 is 0 Å². The van der Waals surface area contributed by atoms with E-state index in [1.165, 1.54) is 22.3 Å². The van der Waals surface area contributed by atoms with E-state index in [-0.39, 0.29) is 0 Å². The lowest BCUT2D eigenvalue weighted by molar-refractivity contribution is 0.185. The number of hydrogen-bond acceptors (Lipinski definition) is 2. The first kappa shape index (κ1) is 18.2. The van der Waals surface area contributed by atoms with Crippen LogP contribution in [-0.4, -0.2) is 38.1 Å². The van der Waals surface area contributed by atoms with Crippen LogP contribution in [0.25, 0.3) is 5.57 Å². The summed E-state index contributed by atoms with van der Waals surface area (Å²) in [6, 6.07) is 19.1. The minimum absolute atomic E-state index is 0.641. The zero-order valence-corrected chi connectivity index (χ0v) is 15.6. The van der Waals surface area contributed by atoms with E-state index in [9.17, 15) is 0 Å². The van der Waals surface area contributed by atoms with Crippen molar-refractivity contribution in [1.29, 1.82) is 0 Å². The van der Waals surface area contributed by atoms with E-state index >= 15 is 0 Å². The molecule has 4 heteroatoms. The summed E-state index contributed by atoms with van der Waals surface area (Å²) in [7, 11) is 3.57. The molecule has 0 fully saturated rings. The van der Waals surface area contributed by atoms with Crippen LogP contribution in [0.15, 0.2) is 65.7 Å². The van der Waals surface area contributed by atoms with Gasteiger partial charge in [-0.3, -0.25) is 4.99 Å². The molecule has 0 saturated carbocycles. The fourth-order valence-corrected chi connectivity index (χ4v) is 3.29. The van der Waals surface area contributed by atoms with Crippen molar-refractivity contribution in [2.24, 2.45) is 4.99 Å². The summed E-state index contributed by atoms with van der Waals surface area (Å²) in [5.41, 5.74) is 5.17. The van der Waals surface area contributed by atoms with Gasteiger partial charge in [0.2, 0.25) is 0 Å². The topological polar surface area (TPSA) is 36.9 Å². The number of methoxy groups -OCH3 is 1. The summed E-state index contributed by atoms with van der Waals surface area (Å²) in [6.45, 7) is 3.26. The monoisotopic (exact) mass is 349 g/mol. The van der Waals surface area contributed by atoms with Crippen LogP contribution in [0.3, 0.4) is 0 Å². The molecule has 2 aromatic rings. The lowest BCUT2D eigenvalue weighted by Crippen LogP contribution is -2.43. The Balaban J connectivity index is 1.58. The number of guanidine groups is 1. The van der Waals surface area contributed by atoms with Crippen molar-refractivity contribution in [3.8, 4) is 0 Å². The highest BCUT2D eigenvalue weighted by Gasteiger charge is 2.16. The predicted octanol–water partition coefficient (Wildman–Crippen LogP) is 3.70. The average Bonchev–Trinajstić information content (AvgIpc) is 2.70. The second-order valence-corrected chi connectivity index (χ2v) is 6.45. The number of hydrogen-bond donors (Lipinski definition) is 1. The molecule has 2 aromatic carbocycles. The number of nitrogens with zero attached hydrogens (tertiary/aromatic N) is 2. The molecule has 1 N–H and O–H groups in total. The molecule has 0 aliphatic carbocycles. The number of nitrogens with one attached hydrogen (secondary N) is 1. The lowest BCUT2D eigenvalue weighted by atomic mass is 10.00. The first-order valence-corrected chi connectivity index (χ1v) is 9.07. The SMILES string of the molecule is CN=C(NCc1cccc(COC)c1)N1CC=C(c2ccccc2)CC1. The Bertz CT molecular complexity index is 768. The first-order valence-electron chi connectivity index (χ1n) is 9.07. The fourth-order valence-electron chi connectivity index (χ4n) is 3.29. The van der Waals surface area contributed by atoms with Crippen molar-refractivity contribution in [2.45, 2.75) is 19.6 Å². The van der Waals surface area contributed by atoms with E-state index in [0.717, 1.165) is 32.0 Å². The van der Waals surface area contributed by atoms with Gasteiger partial charge in [0.25, 0.3) is 0 Å². The van der Waals surface area contributed by atoms with Crippen molar-refractivity contribution in [3.63, 3.8) is 0 Å². The van der Waals surface area contributed by atoms with E-state index in [2.05, 4.69) is 75.9 Å². The van der Waals surface area contributed by atoms with Crippen LogP contribution in [0.2, 0.25) is 0 Å². The minimum atomic E-state index is 0.641. The Labute approximate surface area is 156 Å². The van der Waals surface area contributed by atoms with Crippen LogP contribution in [0.1, 0.15) is 23.1 Å². The van der Waals surface area contributed by atoms with E-state index in [1.54, 1.807) is 7.11 Å². The van der Waals surface area contributed by atoms with Gasteiger partial charge in [0.15, 0.2) is 5.96 Å². The maximum absolute atomic E-state index is 5.21. The number of aliphatic imine (C=N–C) groups is 1. The third-order valence-corrected chi connectivity index (χ3v) is 4.62. The van der Waals surface area contributed by atoms with Gasteiger partial charge in [-0.2, -0.15) is 0 Å². The third-order valence-electron chi connectivity index (χ3n) is 4.62. The Hall–Kier alpha value is -2.59. The van der Waals surface area contributed by atoms with Crippen LogP contribution in [0.4, 0.5) is 0 Å². The Kier molecular flexibility index (Phi) is 6.45. The number of rotatable bonds is 5. The molecule has 1 aliphatic heterocycles. The molecule has 26 heavy (non-hydrogen) atoms. The average molecular weight is 349 g/mol. The summed E-state index contributed by atoms with van der Waals surface area (Å²) >= 11 is 0. The highest BCUT2D eigenvalue weighted by Crippen LogP contribution is 2.22. The molecule has 0 unspecified atom stereocenters. The molecule has 0 aromatic heterocycles. The second kappa shape index (κ2) is 9.20. The van der Waals surface area contributed by atoms with E-state index in [1.807, 2.05) is 7.05 Å². The van der Waals surface area contributed by atoms with Crippen LogP contribution in [0.5, 0.6) is 0 Å². The molecule has 4 nitrogen and oxygen atoms in total. The maximum atomic E-state index is 5.21. The molecule has 0 atom stereocenters. The highest BCUT2D eigenvalue weighted by molar-refractivity contribution is 5.81. The van der Waals surface area contributed by atoms with Gasteiger partial charge in [-0.05, 0) is 28.7 Å². The summed E-state index contributed by atoms with van der Waals surface area (Å²) in [5, 5.41) is 3.49. The molecule has 0 spiro atoms. The Morgan fingerprint density at radius 3 is 2.62 bits per heavy atom. The highest BCUT2D eigenvalue weighted by atomic mass is 16.5. The van der Waals surface area contributed by atoms with Gasteiger partial charge >= 0.3 is 0 Å². The summed E-state index contributed by atoms with van der Waals surface area (Å²) in [6.07, 6.45) is 3.35. The summed E-state index contributed by atoms with van der Waals surface area (Å²) < 4.78 is 5.21. The number of benzene rings is 2. The minimum Gasteiger partial charge on any atom is -0.380 e. The van der Waals surface area contributed by atoms with Gasteiger partial charge in [0, 0.05) is 33.8 Å². The molecular formula is C22H27N3O. The predicted molar refractivity (Wildman–Crippen MR) is 108 cm³/mol. The maximum Gasteiger partial charge on any atom is 0.194 e. The lowest BCUT2D eigenvalue weighted by Gasteiger charge is -2.30. The molecule has 0 bridgehead atoms. The standard InChI is InChI=1S/C22H27N3O/c1-23-22(24-16-18-7-6-8-19(15-18)17-26-2)25-13-11-21(12-14-25)20-9-4-3-5-10-20/h3-11,15H,12-14,16-17H2,1-2H3,(H,23,24). The van der Waals surface area contributed by atoms with Crippen molar-refractivity contribution >= 4 is 11.5 Å². The van der Waals surface area contributed by atoms with Crippen LogP contribution < -0.4 is 5.32 Å². The summed E-state index contributed by atoms with van der Waals surface area (Å²) in [4.78, 5) is 6.76. The third kappa shape index (κ3) is 4.73. The zero-order chi connectivity index (χ0) is 18.2. The molecule has 0 amide bonds. The molecule has 0 saturated heterocycles. The zero-order valence-electron chi connectivity index (χ0n) is 15.6. The second-order valence-electron chi connectivity index (χ2n) is 6.45. The quantitative estimate of drug-likeness (QED) is 0.661. The smallest absolute Gasteiger partial charge is 0.194 e. The molecule has 0 radical (unpaired) electrons.